The van der Waals surface area contributed by atoms with Gasteiger partial charge < -0.3 is 29.0 Å². The molecule has 0 bridgehead atoms. The molecule has 1 N–H and O–H groups in total. The number of aliphatic hydroxyl groups excluding tert-OH is 1. The van der Waals surface area contributed by atoms with Crippen LogP contribution >= 0.6 is 0 Å². The van der Waals surface area contributed by atoms with Crippen LogP contribution in [0.2, 0.25) is 0 Å². The van der Waals surface area contributed by atoms with Crippen LogP contribution in [0.3, 0.4) is 0 Å². The minimum Gasteiger partial charge on any atom is -0.443 e. The Labute approximate surface area is 185 Å². The van der Waals surface area contributed by atoms with E-state index in [-0.39, 0.29) is 48.1 Å². The minimum absolute atomic E-state index is 0.0357. The zero-order valence-corrected chi connectivity index (χ0v) is 19.3. The van der Waals surface area contributed by atoms with E-state index in [1.807, 2.05) is 0 Å². The molecule has 176 valence electrons. The maximum Gasteiger partial charge on any atom is 0.410 e. The zero-order chi connectivity index (χ0) is 22.2. The molecule has 4 fully saturated rings. The first-order valence-electron chi connectivity index (χ1n) is 11.6. The van der Waals surface area contributed by atoms with E-state index in [9.17, 15) is 4.79 Å². The number of piperazine rings is 1. The van der Waals surface area contributed by atoms with Crippen molar-refractivity contribution in [3.8, 4) is 0 Å². The molecule has 1 amide bonds. The Morgan fingerprint density at radius 2 is 1.97 bits per heavy atom. The Bertz CT molecular complexity index is 684. The van der Waals surface area contributed by atoms with Crippen LogP contribution in [0.1, 0.15) is 40.0 Å². The normalized spacial score (nSPS) is 40.0. The fraction of sp³-hybridized carbons (Fsp3) is 0.870. The topological polar surface area (TPSA) is 87.3 Å². The summed E-state index contributed by atoms with van der Waals surface area (Å²) in [5.74, 6) is 0.0357. The summed E-state index contributed by atoms with van der Waals surface area (Å²) in [6.07, 6.45) is 3.99. The molecule has 0 aromatic heterocycles. The first-order chi connectivity index (χ1) is 14.8. The molecule has 1 aliphatic carbocycles. The summed E-state index contributed by atoms with van der Waals surface area (Å²) in [5.41, 5.74) is 0.742. The highest BCUT2D eigenvalue weighted by atomic mass is 16.6. The van der Waals surface area contributed by atoms with Crippen molar-refractivity contribution in [1.82, 2.24) is 9.80 Å². The fourth-order valence-electron chi connectivity index (χ4n) is 5.57. The minimum atomic E-state index is -0.329. The smallest absolute Gasteiger partial charge is 0.410 e. The average molecular weight is 439 g/mol. The van der Waals surface area contributed by atoms with Gasteiger partial charge in [-0.15, -0.1) is 0 Å². The first-order valence-corrected chi connectivity index (χ1v) is 11.6. The Morgan fingerprint density at radius 3 is 2.55 bits per heavy atom. The van der Waals surface area contributed by atoms with Crippen LogP contribution in [-0.2, 0) is 18.9 Å². The molecule has 6 atom stereocenters. The van der Waals surface area contributed by atoms with Crippen LogP contribution in [0.4, 0.5) is 4.79 Å². The number of allylic oxidation sites excluding steroid dienone is 1. The zero-order valence-electron chi connectivity index (χ0n) is 19.3. The van der Waals surface area contributed by atoms with Gasteiger partial charge in [-0.3, -0.25) is 4.90 Å². The van der Waals surface area contributed by atoms with E-state index in [2.05, 4.69) is 31.7 Å². The monoisotopic (exact) mass is 438 g/mol. The lowest BCUT2D eigenvalue weighted by atomic mass is 9.68. The molecule has 3 saturated heterocycles. The van der Waals surface area contributed by atoms with Gasteiger partial charge in [0.05, 0.1) is 25.2 Å². The molecule has 0 aromatic rings. The molecular formula is C23H38N2O6. The number of hydrogen-bond donors (Lipinski definition) is 1. The molecule has 8 heteroatoms. The number of methoxy groups -OCH3 is 1. The van der Waals surface area contributed by atoms with E-state index in [1.165, 1.54) is 5.57 Å². The van der Waals surface area contributed by atoms with E-state index in [0.717, 1.165) is 39.0 Å². The number of ether oxygens (including phenoxy) is 4. The molecular weight excluding hydrogens is 400 g/mol. The summed E-state index contributed by atoms with van der Waals surface area (Å²) >= 11 is 0. The fourth-order valence-corrected chi connectivity index (χ4v) is 5.57. The summed E-state index contributed by atoms with van der Waals surface area (Å²) in [4.78, 5) is 16.8. The number of carbonyl (C=O) groups excluding carboxylic acids is 1. The average Bonchev–Trinajstić information content (AvgIpc) is 3.66. The van der Waals surface area contributed by atoms with E-state index in [0.29, 0.717) is 19.6 Å². The highest BCUT2D eigenvalue weighted by Gasteiger charge is 2.72. The number of epoxide rings is 2. The van der Waals surface area contributed by atoms with Crippen molar-refractivity contribution in [2.24, 2.45) is 5.92 Å². The quantitative estimate of drug-likeness (QED) is 0.479. The van der Waals surface area contributed by atoms with Crippen LogP contribution in [0.15, 0.2) is 11.6 Å². The summed E-state index contributed by atoms with van der Waals surface area (Å²) < 4.78 is 24.2. The van der Waals surface area contributed by atoms with Crippen molar-refractivity contribution in [1.29, 1.82) is 0 Å². The number of β-amino-alcohol motifs (C(OH)–C–C–N with tert-alkyl or cyclic N) is 1. The third-order valence-electron chi connectivity index (χ3n) is 7.54. The number of rotatable bonds is 7. The standard InChI is InChI=1S/C23H38N2O6/c1-16(2)5-6-18-22(3,31-18)20-19(28-4)17(7-8-23(20)15-29-23)30-21(27)25-11-9-24(10-12-25)13-14-26/h5,17-20,26H,6-15H2,1-4H3/t17-,18-,19-,20-,22?,23+/m1/s1. The molecule has 3 heterocycles. The van der Waals surface area contributed by atoms with Crippen LogP contribution in [0.25, 0.3) is 0 Å². The lowest BCUT2D eigenvalue weighted by molar-refractivity contribution is -0.122. The Balaban J connectivity index is 1.40. The molecule has 0 aromatic carbocycles. The van der Waals surface area contributed by atoms with Crippen molar-refractivity contribution >= 4 is 6.09 Å². The van der Waals surface area contributed by atoms with Gasteiger partial charge in [0, 0.05) is 39.8 Å². The van der Waals surface area contributed by atoms with Crippen LogP contribution in [-0.4, -0.2) is 104 Å². The van der Waals surface area contributed by atoms with Gasteiger partial charge in [-0.2, -0.15) is 0 Å². The number of hydrogen-bond acceptors (Lipinski definition) is 7. The van der Waals surface area contributed by atoms with Gasteiger partial charge >= 0.3 is 6.09 Å². The van der Waals surface area contributed by atoms with Gasteiger partial charge in [0.15, 0.2) is 0 Å². The van der Waals surface area contributed by atoms with Gasteiger partial charge in [-0.1, -0.05) is 11.6 Å². The Kier molecular flexibility index (Phi) is 6.66. The van der Waals surface area contributed by atoms with Crippen molar-refractivity contribution in [2.45, 2.75) is 69.5 Å². The third-order valence-corrected chi connectivity index (χ3v) is 7.54. The van der Waals surface area contributed by atoms with Gasteiger partial charge in [0.1, 0.15) is 23.4 Å². The van der Waals surface area contributed by atoms with Crippen molar-refractivity contribution < 1.29 is 28.8 Å². The van der Waals surface area contributed by atoms with Crippen LogP contribution in [0, 0.1) is 5.92 Å². The van der Waals surface area contributed by atoms with Crippen LogP contribution in [0.5, 0.6) is 0 Å². The number of carbonyl (C=O) groups is 1. The maximum atomic E-state index is 12.9. The van der Waals surface area contributed by atoms with Crippen molar-refractivity contribution in [2.75, 3.05) is 53.0 Å². The second-order valence-electron chi connectivity index (χ2n) is 9.85. The summed E-state index contributed by atoms with van der Waals surface area (Å²) in [6.45, 7) is 10.6. The summed E-state index contributed by atoms with van der Waals surface area (Å²) in [5, 5.41) is 9.10. The first kappa shape index (κ1) is 23.0. The highest BCUT2D eigenvalue weighted by Crippen LogP contribution is 2.59. The predicted molar refractivity (Wildman–Crippen MR) is 115 cm³/mol. The van der Waals surface area contributed by atoms with E-state index in [4.69, 9.17) is 24.1 Å². The highest BCUT2D eigenvalue weighted by molar-refractivity contribution is 5.68. The molecule has 4 aliphatic rings. The molecule has 8 nitrogen and oxygen atoms in total. The third kappa shape index (κ3) is 4.64. The Hall–Kier alpha value is -1.19. The second kappa shape index (κ2) is 8.98. The van der Waals surface area contributed by atoms with Gasteiger partial charge in [0.25, 0.3) is 0 Å². The number of nitrogens with zero attached hydrogens (tertiary/aromatic N) is 2. The Morgan fingerprint density at radius 1 is 1.26 bits per heavy atom. The van der Waals surface area contributed by atoms with Crippen molar-refractivity contribution in [3.63, 3.8) is 0 Å². The molecule has 31 heavy (non-hydrogen) atoms. The van der Waals surface area contributed by atoms with Crippen molar-refractivity contribution in [3.05, 3.63) is 11.6 Å². The lowest BCUT2D eigenvalue weighted by Crippen LogP contribution is -2.57. The second-order valence-corrected chi connectivity index (χ2v) is 9.85. The maximum absolute atomic E-state index is 12.9. The number of aliphatic hydroxyl groups is 1. The van der Waals surface area contributed by atoms with Crippen LogP contribution < -0.4 is 0 Å². The number of amides is 1. The van der Waals surface area contributed by atoms with Gasteiger partial charge in [-0.05, 0) is 40.0 Å². The molecule has 1 spiro atoms. The summed E-state index contributed by atoms with van der Waals surface area (Å²) in [6, 6.07) is 0. The SMILES string of the molecule is CO[C@H]1[C@H](C2(C)O[C@@H]2CC=C(C)C)[C@]2(CC[C@H]1OC(=O)N1CCN(CCO)CC1)CO2. The molecule has 0 radical (unpaired) electrons. The van der Waals surface area contributed by atoms with E-state index >= 15 is 0 Å². The van der Waals surface area contributed by atoms with Gasteiger partial charge in [0.2, 0.25) is 0 Å². The molecule has 4 rings (SSSR count). The summed E-state index contributed by atoms with van der Waals surface area (Å²) in [7, 11) is 1.70. The lowest BCUT2D eigenvalue weighted by Gasteiger charge is -2.43. The van der Waals surface area contributed by atoms with Gasteiger partial charge in [-0.25, -0.2) is 4.79 Å². The molecule has 1 saturated carbocycles. The van der Waals surface area contributed by atoms with E-state index < -0.39 is 0 Å². The largest absolute Gasteiger partial charge is 0.443 e. The van der Waals surface area contributed by atoms with E-state index in [1.54, 1.807) is 12.0 Å². The predicted octanol–water partition coefficient (Wildman–Crippen LogP) is 1.81. The molecule has 3 aliphatic heterocycles. The molecule has 1 unspecified atom stereocenters.